The molecule has 0 saturated heterocycles. The fourth-order valence-electron chi connectivity index (χ4n) is 1.77. The van der Waals surface area contributed by atoms with Crippen molar-refractivity contribution >= 4 is 18.1 Å². The fraction of sp³-hybridized carbons (Fsp3) is 0.200. The first kappa shape index (κ1) is 18.4. The first-order valence-electron chi connectivity index (χ1n) is 6.67. The number of hydrogen-bond acceptors (Lipinski definition) is 1. The molecular weight excluding hydrogens is 315 g/mol. The Balaban J connectivity index is 0.000000422. The lowest BCUT2D eigenvalue weighted by molar-refractivity contribution is 0.368. The van der Waals surface area contributed by atoms with Crippen molar-refractivity contribution in [2.75, 3.05) is 5.75 Å². The molecule has 22 heavy (non-hydrogen) atoms. The predicted molar refractivity (Wildman–Crippen MR) is 84.6 cm³/mol. The van der Waals surface area contributed by atoms with Gasteiger partial charge in [0.15, 0.2) is 4.90 Å². The maximum atomic E-state index is 9.75. The number of rotatable bonds is 4. The molecule has 1 nitrogen and oxygen atoms in total. The van der Waals surface area contributed by atoms with E-state index in [1.165, 1.54) is 10.5 Å². The van der Waals surface area contributed by atoms with Crippen LogP contribution in [0.4, 0.5) is 17.3 Å². The largest absolute Gasteiger partial charge is 0.673 e. The summed E-state index contributed by atoms with van der Waals surface area (Å²) in [6, 6.07) is 18.2. The molecule has 0 aliphatic heterocycles. The zero-order valence-corrected chi connectivity index (χ0v) is 12.9. The zero-order chi connectivity index (χ0) is 16.6. The Hall–Kier alpha value is -1.63. The van der Waals surface area contributed by atoms with Gasteiger partial charge in [0, 0.05) is 16.5 Å². The second-order valence-electron chi connectivity index (χ2n) is 4.40. The van der Waals surface area contributed by atoms with Crippen LogP contribution in [0.1, 0.15) is 12.5 Å². The third-order valence-electron chi connectivity index (χ3n) is 2.70. The third kappa shape index (κ3) is 7.97. The number of benzene rings is 2. The highest BCUT2D eigenvalue weighted by Gasteiger charge is 2.20. The van der Waals surface area contributed by atoms with Gasteiger partial charge in [-0.2, -0.15) is 0 Å². The molecule has 2 aromatic carbocycles. The molecule has 0 spiro atoms. The summed E-state index contributed by atoms with van der Waals surface area (Å²) in [6.07, 6.45) is 0. The highest BCUT2D eigenvalue weighted by Crippen LogP contribution is 2.21. The maximum absolute atomic E-state index is 9.75. The van der Waals surface area contributed by atoms with E-state index in [-0.39, 0.29) is 10.9 Å². The van der Waals surface area contributed by atoms with E-state index in [2.05, 4.69) is 31.2 Å². The van der Waals surface area contributed by atoms with Crippen molar-refractivity contribution in [1.82, 2.24) is 0 Å². The van der Waals surface area contributed by atoms with Gasteiger partial charge in [-0.05, 0) is 31.2 Å². The number of hydrogen-bond donors (Lipinski definition) is 1. The normalized spacial score (nSPS) is 12.2. The predicted octanol–water partition coefficient (Wildman–Crippen LogP) is 4.89. The summed E-state index contributed by atoms with van der Waals surface area (Å²) < 4.78 is 39.0. The number of phenols is 1. The van der Waals surface area contributed by atoms with Crippen LogP contribution in [0.25, 0.3) is 0 Å². The lowest BCUT2D eigenvalue weighted by Gasteiger charge is -2.06. The highest BCUT2D eigenvalue weighted by atomic mass is 32.2. The average molecular weight is 332 g/mol. The standard InChI is InChI=1S/C15H16OS.BF4/c1-2-17(12-13-6-4-3-5-7-13)15-10-8-14(16)9-11-15;2-1(3,4)5/h3-11H,2,12H2,1H3;/q;-1/p+1. The summed E-state index contributed by atoms with van der Waals surface area (Å²) in [5, 5.41) is 9.30. The summed E-state index contributed by atoms with van der Waals surface area (Å²) >= 11 is 0. The van der Waals surface area contributed by atoms with Gasteiger partial charge in [0.1, 0.15) is 17.3 Å². The molecule has 120 valence electrons. The summed E-state index contributed by atoms with van der Waals surface area (Å²) in [4.78, 5) is 1.33. The molecule has 0 bridgehead atoms. The topological polar surface area (TPSA) is 20.2 Å². The third-order valence-corrected chi connectivity index (χ3v) is 5.02. The van der Waals surface area contributed by atoms with Crippen LogP contribution in [0.15, 0.2) is 59.5 Å². The molecule has 1 N–H and O–H groups in total. The van der Waals surface area contributed by atoms with E-state index in [4.69, 9.17) is 0 Å². The second kappa shape index (κ2) is 8.73. The van der Waals surface area contributed by atoms with Gasteiger partial charge >= 0.3 is 7.25 Å². The van der Waals surface area contributed by atoms with E-state index in [1.54, 1.807) is 12.1 Å². The van der Waals surface area contributed by atoms with E-state index in [1.807, 2.05) is 18.2 Å². The molecule has 2 rings (SSSR count). The van der Waals surface area contributed by atoms with Gasteiger partial charge in [-0.25, -0.2) is 0 Å². The van der Waals surface area contributed by atoms with Crippen molar-refractivity contribution in [2.45, 2.75) is 17.6 Å². The second-order valence-corrected chi connectivity index (χ2v) is 6.72. The van der Waals surface area contributed by atoms with Gasteiger partial charge in [0.25, 0.3) is 0 Å². The summed E-state index contributed by atoms with van der Waals surface area (Å²) in [7, 11) is -5.77. The first-order valence-corrected chi connectivity index (χ1v) is 8.23. The Labute approximate surface area is 130 Å². The number of halogens is 4. The molecule has 0 radical (unpaired) electrons. The first-order chi connectivity index (χ1) is 10.3. The van der Waals surface area contributed by atoms with Crippen molar-refractivity contribution in [1.29, 1.82) is 0 Å². The molecule has 0 aromatic heterocycles. The van der Waals surface area contributed by atoms with E-state index in [9.17, 15) is 22.4 Å². The summed E-state index contributed by atoms with van der Waals surface area (Å²) in [5.74, 6) is 2.56. The van der Waals surface area contributed by atoms with Crippen molar-refractivity contribution in [3.8, 4) is 5.75 Å². The Bertz CT molecular complexity index is 540. The van der Waals surface area contributed by atoms with Gasteiger partial charge in [-0.15, -0.1) is 0 Å². The molecule has 2 aromatic rings. The number of aromatic hydroxyl groups is 1. The molecule has 0 heterocycles. The fourth-order valence-corrected chi connectivity index (χ4v) is 3.59. The minimum atomic E-state index is -6.00. The maximum Gasteiger partial charge on any atom is 0.673 e. The van der Waals surface area contributed by atoms with E-state index in [0.29, 0.717) is 5.75 Å². The molecule has 0 aliphatic carbocycles. The quantitative estimate of drug-likeness (QED) is 0.480. The lowest BCUT2D eigenvalue weighted by atomic mass is 10.2. The Morgan fingerprint density at radius 2 is 1.41 bits per heavy atom. The SMILES string of the molecule is CC[S+](Cc1ccccc1)c1ccc(O)cc1.F[B-](F)(F)F. The van der Waals surface area contributed by atoms with E-state index >= 15 is 0 Å². The molecule has 0 fully saturated rings. The molecule has 1 unspecified atom stereocenters. The minimum absolute atomic E-state index is 0.235. The van der Waals surface area contributed by atoms with Crippen molar-refractivity contribution in [3.05, 3.63) is 60.2 Å². The van der Waals surface area contributed by atoms with Crippen molar-refractivity contribution < 1.29 is 22.4 Å². The van der Waals surface area contributed by atoms with Crippen LogP contribution in [0.2, 0.25) is 0 Å². The lowest BCUT2D eigenvalue weighted by Crippen LogP contribution is -2.08. The number of phenolic OH excluding ortho intramolecular Hbond substituents is 1. The van der Waals surface area contributed by atoms with Crippen LogP contribution >= 0.6 is 0 Å². The monoisotopic (exact) mass is 332 g/mol. The summed E-state index contributed by atoms with van der Waals surface area (Å²) in [5.41, 5.74) is 1.38. The molecular formula is C15H17BF4OS. The highest BCUT2D eigenvalue weighted by molar-refractivity contribution is 7.96. The molecule has 0 saturated carbocycles. The minimum Gasteiger partial charge on any atom is -0.508 e. The van der Waals surface area contributed by atoms with Crippen LogP contribution in [-0.2, 0) is 16.6 Å². The molecule has 0 amide bonds. The van der Waals surface area contributed by atoms with Gasteiger partial charge in [-0.1, -0.05) is 30.3 Å². The van der Waals surface area contributed by atoms with Crippen molar-refractivity contribution in [2.24, 2.45) is 0 Å². The van der Waals surface area contributed by atoms with Crippen LogP contribution < -0.4 is 0 Å². The van der Waals surface area contributed by atoms with E-state index in [0.717, 1.165) is 11.5 Å². The molecule has 1 atom stereocenters. The van der Waals surface area contributed by atoms with Crippen LogP contribution in [0.5, 0.6) is 5.75 Å². The van der Waals surface area contributed by atoms with Gasteiger partial charge in [0.05, 0.1) is 0 Å². The van der Waals surface area contributed by atoms with Crippen LogP contribution in [-0.4, -0.2) is 18.1 Å². The Morgan fingerprint density at radius 3 is 1.86 bits per heavy atom. The van der Waals surface area contributed by atoms with Gasteiger partial charge < -0.3 is 22.4 Å². The average Bonchev–Trinajstić information content (AvgIpc) is 2.45. The molecule has 0 aliphatic rings. The smallest absolute Gasteiger partial charge is 0.508 e. The Kier molecular flexibility index (Phi) is 7.31. The van der Waals surface area contributed by atoms with Crippen LogP contribution in [0, 0.1) is 0 Å². The van der Waals surface area contributed by atoms with Crippen LogP contribution in [0.3, 0.4) is 0 Å². The van der Waals surface area contributed by atoms with E-state index < -0.39 is 7.25 Å². The zero-order valence-electron chi connectivity index (χ0n) is 12.1. The van der Waals surface area contributed by atoms with Gasteiger partial charge in [-0.3, -0.25) is 0 Å². The Morgan fingerprint density at radius 1 is 0.909 bits per heavy atom. The van der Waals surface area contributed by atoms with Crippen molar-refractivity contribution in [3.63, 3.8) is 0 Å². The van der Waals surface area contributed by atoms with Gasteiger partial charge in [0.2, 0.25) is 0 Å². The summed E-state index contributed by atoms with van der Waals surface area (Å²) in [6.45, 7) is 2.22. The molecule has 7 heteroatoms.